The summed E-state index contributed by atoms with van der Waals surface area (Å²) in [5.74, 6) is 2.42. The van der Waals surface area contributed by atoms with Gasteiger partial charge >= 0.3 is 0 Å². The minimum absolute atomic E-state index is 0.0505. The Labute approximate surface area is 198 Å². The number of aromatic nitrogens is 3. The highest BCUT2D eigenvalue weighted by Crippen LogP contribution is 2.29. The zero-order chi connectivity index (χ0) is 23.3. The van der Waals surface area contributed by atoms with Crippen LogP contribution >= 0.6 is 0 Å². The first-order valence-corrected chi connectivity index (χ1v) is 11.8. The molecule has 0 spiro atoms. The summed E-state index contributed by atoms with van der Waals surface area (Å²) in [4.78, 5) is 19.6. The van der Waals surface area contributed by atoms with Gasteiger partial charge in [0, 0.05) is 25.1 Å². The molecule has 0 bridgehead atoms. The molecule has 4 aromatic rings. The number of piperidine rings is 1. The van der Waals surface area contributed by atoms with Gasteiger partial charge in [0.1, 0.15) is 17.2 Å². The maximum absolute atomic E-state index is 13.2. The lowest BCUT2D eigenvalue weighted by atomic mass is 9.97. The van der Waals surface area contributed by atoms with Crippen LogP contribution in [-0.2, 0) is 6.42 Å². The first-order valence-electron chi connectivity index (χ1n) is 11.8. The van der Waals surface area contributed by atoms with Crippen molar-refractivity contribution < 1.29 is 13.9 Å². The van der Waals surface area contributed by atoms with Crippen molar-refractivity contribution in [1.29, 1.82) is 0 Å². The first-order chi connectivity index (χ1) is 16.7. The van der Waals surface area contributed by atoms with E-state index >= 15 is 0 Å². The molecule has 1 aliphatic rings. The predicted octanol–water partition coefficient (Wildman–Crippen LogP) is 5.07. The van der Waals surface area contributed by atoms with Crippen molar-refractivity contribution >= 4 is 5.91 Å². The van der Waals surface area contributed by atoms with Gasteiger partial charge in [-0.15, -0.1) is 0 Å². The maximum Gasteiger partial charge on any atom is 0.271 e. The summed E-state index contributed by atoms with van der Waals surface area (Å²) in [6.45, 7) is 3.88. The van der Waals surface area contributed by atoms with Gasteiger partial charge in [-0.2, -0.15) is 5.10 Å². The number of amides is 1. The Morgan fingerprint density at radius 3 is 2.79 bits per heavy atom. The second kappa shape index (κ2) is 9.95. The molecule has 1 atom stereocenters. The van der Waals surface area contributed by atoms with Crippen molar-refractivity contribution in [3.63, 3.8) is 0 Å². The van der Waals surface area contributed by atoms with Gasteiger partial charge in [0.2, 0.25) is 0 Å². The highest BCUT2D eigenvalue weighted by Gasteiger charge is 2.29. The van der Waals surface area contributed by atoms with Crippen LogP contribution in [0, 0.1) is 0 Å². The van der Waals surface area contributed by atoms with Crippen molar-refractivity contribution in [3.05, 3.63) is 89.8 Å². The van der Waals surface area contributed by atoms with Crippen LogP contribution in [0.15, 0.2) is 71.3 Å². The summed E-state index contributed by atoms with van der Waals surface area (Å²) in [6.07, 6.45) is 4.38. The Morgan fingerprint density at radius 1 is 1.18 bits per heavy atom. The number of aromatic amines is 1. The number of oxazole rings is 1. The molecule has 7 heteroatoms. The van der Waals surface area contributed by atoms with E-state index in [0.29, 0.717) is 37.7 Å². The van der Waals surface area contributed by atoms with E-state index in [-0.39, 0.29) is 11.8 Å². The van der Waals surface area contributed by atoms with Crippen LogP contribution in [0.5, 0.6) is 5.75 Å². The van der Waals surface area contributed by atoms with Gasteiger partial charge < -0.3 is 14.1 Å². The van der Waals surface area contributed by atoms with E-state index in [4.69, 9.17) is 9.15 Å². The third-order valence-corrected chi connectivity index (χ3v) is 6.12. The van der Waals surface area contributed by atoms with Gasteiger partial charge in [-0.1, -0.05) is 30.3 Å². The lowest BCUT2D eigenvalue weighted by Gasteiger charge is -2.30. The number of carbonyl (C=O) groups is 1. The molecule has 0 radical (unpaired) electrons. The summed E-state index contributed by atoms with van der Waals surface area (Å²) in [5, 5.41) is 7.27. The fourth-order valence-electron chi connectivity index (χ4n) is 4.39. The summed E-state index contributed by atoms with van der Waals surface area (Å²) in [6, 6.07) is 19.7. The quantitative estimate of drug-likeness (QED) is 0.420. The summed E-state index contributed by atoms with van der Waals surface area (Å²) in [7, 11) is 0. The molecule has 1 N–H and O–H groups in total. The molecule has 0 unspecified atom stereocenters. The molecule has 1 aliphatic heterocycles. The Morgan fingerprint density at radius 2 is 2.00 bits per heavy atom. The molecular formula is C27H28N4O3. The van der Waals surface area contributed by atoms with Gasteiger partial charge in [0.05, 0.1) is 24.4 Å². The lowest BCUT2D eigenvalue weighted by Crippen LogP contribution is -2.39. The van der Waals surface area contributed by atoms with Crippen LogP contribution in [0.1, 0.15) is 53.4 Å². The van der Waals surface area contributed by atoms with Crippen LogP contribution in [0.25, 0.3) is 11.3 Å². The largest absolute Gasteiger partial charge is 0.494 e. The number of hydrogen-bond acceptors (Lipinski definition) is 5. The van der Waals surface area contributed by atoms with E-state index < -0.39 is 0 Å². The normalized spacial score (nSPS) is 15.9. The van der Waals surface area contributed by atoms with Crippen molar-refractivity contribution in [3.8, 4) is 17.0 Å². The maximum atomic E-state index is 13.2. The highest BCUT2D eigenvalue weighted by atomic mass is 16.5. The van der Waals surface area contributed by atoms with Gasteiger partial charge in [0.15, 0.2) is 5.89 Å². The van der Waals surface area contributed by atoms with Crippen LogP contribution < -0.4 is 4.74 Å². The van der Waals surface area contributed by atoms with E-state index in [2.05, 4.69) is 27.3 Å². The molecule has 5 rings (SSSR count). The van der Waals surface area contributed by atoms with Crippen LogP contribution in [0.4, 0.5) is 0 Å². The van der Waals surface area contributed by atoms with Crippen molar-refractivity contribution in [2.45, 2.75) is 32.1 Å². The smallest absolute Gasteiger partial charge is 0.271 e. The minimum atomic E-state index is -0.0505. The molecule has 2 aromatic carbocycles. The Kier molecular flexibility index (Phi) is 6.42. The topological polar surface area (TPSA) is 84.2 Å². The Balaban J connectivity index is 1.24. The molecule has 1 fully saturated rings. The minimum Gasteiger partial charge on any atom is -0.494 e. The van der Waals surface area contributed by atoms with Gasteiger partial charge in [-0.05, 0) is 55.7 Å². The van der Waals surface area contributed by atoms with Gasteiger partial charge in [-0.25, -0.2) is 4.98 Å². The molecule has 2 aromatic heterocycles. The second-order valence-electron chi connectivity index (χ2n) is 8.54. The molecule has 174 valence electrons. The molecule has 0 saturated carbocycles. The fraction of sp³-hybridized carbons (Fsp3) is 0.296. The highest BCUT2D eigenvalue weighted by molar-refractivity contribution is 5.93. The van der Waals surface area contributed by atoms with Gasteiger partial charge in [-0.3, -0.25) is 9.89 Å². The molecule has 34 heavy (non-hydrogen) atoms. The fourth-order valence-corrected chi connectivity index (χ4v) is 4.39. The average molecular weight is 457 g/mol. The Bertz CT molecular complexity index is 1230. The summed E-state index contributed by atoms with van der Waals surface area (Å²) in [5.41, 5.74) is 3.34. The molecule has 1 amide bonds. The zero-order valence-electron chi connectivity index (χ0n) is 19.2. The van der Waals surface area contributed by atoms with Crippen LogP contribution in [0.2, 0.25) is 0 Å². The third kappa shape index (κ3) is 4.88. The van der Waals surface area contributed by atoms with E-state index in [1.807, 2.05) is 60.4 Å². The molecule has 0 aliphatic carbocycles. The molecular weight excluding hydrogens is 428 g/mol. The van der Waals surface area contributed by atoms with Gasteiger partial charge in [0.25, 0.3) is 5.91 Å². The SMILES string of the molecule is CCOc1ccc(-c2cc(C(=O)N3CCC[C@@H](c4ncc(Cc5ccccc5)o4)C3)[nH]n2)cc1. The van der Waals surface area contributed by atoms with Crippen molar-refractivity contribution in [2.75, 3.05) is 19.7 Å². The number of hydrogen-bond donors (Lipinski definition) is 1. The Hall–Kier alpha value is -3.87. The monoisotopic (exact) mass is 456 g/mol. The summed E-state index contributed by atoms with van der Waals surface area (Å²) >= 11 is 0. The molecule has 7 nitrogen and oxygen atoms in total. The van der Waals surface area contributed by atoms with E-state index in [1.54, 1.807) is 6.20 Å². The summed E-state index contributed by atoms with van der Waals surface area (Å²) < 4.78 is 11.6. The predicted molar refractivity (Wildman–Crippen MR) is 129 cm³/mol. The number of carbonyl (C=O) groups excluding carboxylic acids is 1. The van der Waals surface area contributed by atoms with Crippen molar-refractivity contribution in [2.24, 2.45) is 0 Å². The number of rotatable bonds is 7. The molecule has 1 saturated heterocycles. The van der Waals surface area contributed by atoms with Crippen LogP contribution in [0.3, 0.4) is 0 Å². The zero-order valence-corrected chi connectivity index (χ0v) is 19.2. The standard InChI is InChI=1S/C27H28N4O3/c1-2-33-22-12-10-20(11-13-22)24-16-25(30-29-24)27(32)31-14-6-9-21(18-31)26-28-17-23(34-26)15-19-7-4-3-5-8-19/h3-5,7-8,10-13,16-17,21H,2,6,9,14-15,18H2,1H3,(H,29,30)/t21-/m1/s1. The number of benzene rings is 2. The first kappa shape index (κ1) is 21.9. The number of nitrogens with one attached hydrogen (secondary N) is 1. The van der Waals surface area contributed by atoms with E-state index in [9.17, 15) is 4.79 Å². The van der Waals surface area contributed by atoms with E-state index in [0.717, 1.165) is 35.6 Å². The number of H-pyrrole nitrogens is 1. The van der Waals surface area contributed by atoms with E-state index in [1.165, 1.54) is 5.56 Å². The van der Waals surface area contributed by atoms with Crippen LogP contribution in [-0.4, -0.2) is 45.7 Å². The average Bonchev–Trinajstić information content (AvgIpc) is 3.55. The number of ether oxygens (including phenoxy) is 1. The number of nitrogens with zero attached hydrogens (tertiary/aromatic N) is 3. The lowest BCUT2D eigenvalue weighted by molar-refractivity contribution is 0.0692. The molecule has 3 heterocycles. The second-order valence-corrected chi connectivity index (χ2v) is 8.54. The third-order valence-electron chi connectivity index (χ3n) is 6.12. The van der Waals surface area contributed by atoms with Crippen molar-refractivity contribution in [1.82, 2.24) is 20.1 Å². The number of likely N-dealkylation sites (tertiary alicyclic amines) is 1.